The summed E-state index contributed by atoms with van der Waals surface area (Å²) in [6.45, 7) is 1.38. The molecule has 3 aromatic rings. The third kappa shape index (κ3) is 4.36. The van der Waals surface area contributed by atoms with Crippen molar-refractivity contribution in [2.75, 3.05) is 5.32 Å². The van der Waals surface area contributed by atoms with Crippen molar-refractivity contribution in [3.8, 4) is 6.07 Å². The van der Waals surface area contributed by atoms with Gasteiger partial charge in [-0.15, -0.1) is 0 Å². The second kappa shape index (κ2) is 8.80. The summed E-state index contributed by atoms with van der Waals surface area (Å²) >= 11 is 0. The number of nitrogens with zero attached hydrogens (tertiary/aromatic N) is 2. The zero-order valence-corrected chi connectivity index (χ0v) is 17.4. The molecule has 33 heavy (non-hydrogen) atoms. The van der Waals surface area contributed by atoms with Crippen LogP contribution in [0.2, 0.25) is 0 Å². The van der Waals surface area contributed by atoms with Crippen molar-refractivity contribution in [2.45, 2.75) is 19.6 Å². The number of hydrogen-bond acceptors (Lipinski definition) is 7. The monoisotopic (exact) mass is 443 g/mol. The first-order chi connectivity index (χ1) is 15.9. The van der Waals surface area contributed by atoms with Gasteiger partial charge in [0.2, 0.25) is 0 Å². The highest BCUT2D eigenvalue weighted by Crippen LogP contribution is 2.26. The van der Waals surface area contributed by atoms with Crippen LogP contribution in [-0.2, 0) is 16.1 Å². The van der Waals surface area contributed by atoms with Crippen LogP contribution < -0.4 is 5.32 Å². The van der Waals surface area contributed by atoms with Gasteiger partial charge in [-0.05, 0) is 61.5 Å². The lowest BCUT2D eigenvalue weighted by molar-refractivity contribution is -0.123. The summed E-state index contributed by atoms with van der Waals surface area (Å²) in [5, 5.41) is 11.4. The van der Waals surface area contributed by atoms with Gasteiger partial charge in [0, 0.05) is 5.69 Å². The maximum Gasteiger partial charge on any atom is 0.338 e. The van der Waals surface area contributed by atoms with E-state index in [1.165, 1.54) is 31.4 Å². The van der Waals surface area contributed by atoms with Gasteiger partial charge in [-0.2, -0.15) is 5.26 Å². The molecule has 0 spiro atoms. The minimum absolute atomic E-state index is 0.0221. The van der Waals surface area contributed by atoms with E-state index in [4.69, 9.17) is 14.4 Å². The van der Waals surface area contributed by atoms with Crippen LogP contribution in [0, 0.1) is 11.3 Å². The van der Waals surface area contributed by atoms with Crippen LogP contribution in [0.5, 0.6) is 0 Å². The van der Waals surface area contributed by atoms with Gasteiger partial charge >= 0.3 is 5.97 Å². The third-order valence-electron chi connectivity index (χ3n) is 5.04. The predicted molar refractivity (Wildman–Crippen MR) is 114 cm³/mol. The summed E-state index contributed by atoms with van der Waals surface area (Å²) in [5.74, 6) is -1.96. The van der Waals surface area contributed by atoms with Crippen LogP contribution in [0.25, 0.3) is 0 Å². The van der Waals surface area contributed by atoms with Gasteiger partial charge < -0.3 is 14.5 Å². The van der Waals surface area contributed by atoms with Gasteiger partial charge in [0.1, 0.15) is 5.76 Å². The third-order valence-corrected chi connectivity index (χ3v) is 5.04. The average Bonchev–Trinajstić information content (AvgIpc) is 3.42. The average molecular weight is 443 g/mol. The lowest BCUT2D eigenvalue weighted by Crippen LogP contribution is -2.30. The SMILES string of the molecule is C[C@H](OC(=O)c1ccc2c(c1)C(=O)N(Cc1ccco1)C2=O)C(=O)Nc1ccc(C#N)cc1. The number of nitriles is 1. The van der Waals surface area contributed by atoms with Crippen LogP contribution in [0.15, 0.2) is 65.3 Å². The molecule has 0 radical (unpaired) electrons. The van der Waals surface area contributed by atoms with Gasteiger partial charge in [-0.25, -0.2) is 4.79 Å². The molecule has 0 aliphatic carbocycles. The smallest absolute Gasteiger partial charge is 0.338 e. The Balaban J connectivity index is 1.43. The molecule has 164 valence electrons. The molecule has 0 fully saturated rings. The summed E-state index contributed by atoms with van der Waals surface area (Å²) in [5.41, 5.74) is 1.18. The maximum atomic E-state index is 12.7. The van der Waals surface area contributed by atoms with E-state index in [2.05, 4.69) is 5.32 Å². The van der Waals surface area contributed by atoms with Crippen molar-refractivity contribution < 1.29 is 28.3 Å². The molecular formula is C24H17N3O6. The lowest BCUT2D eigenvalue weighted by atomic mass is 10.1. The first-order valence-electron chi connectivity index (χ1n) is 9.92. The molecule has 0 bridgehead atoms. The minimum atomic E-state index is -1.13. The van der Waals surface area contributed by atoms with Gasteiger partial charge in [0.05, 0.1) is 41.1 Å². The number of esters is 1. The van der Waals surface area contributed by atoms with E-state index < -0.39 is 29.8 Å². The molecule has 4 rings (SSSR count). The van der Waals surface area contributed by atoms with Crippen molar-refractivity contribution in [1.29, 1.82) is 5.26 Å². The zero-order chi connectivity index (χ0) is 23.5. The van der Waals surface area contributed by atoms with Gasteiger partial charge in [0.25, 0.3) is 17.7 Å². The predicted octanol–water partition coefficient (Wildman–Crippen LogP) is 3.13. The maximum absolute atomic E-state index is 12.7. The molecule has 3 amide bonds. The lowest BCUT2D eigenvalue weighted by Gasteiger charge is -2.14. The summed E-state index contributed by atoms with van der Waals surface area (Å²) < 4.78 is 10.4. The molecule has 9 heteroatoms. The number of rotatable bonds is 6. The van der Waals surface area contributed by atoms with Crippen LogP contribution >= 0.6 is 0 Å². The van der Waals surface area contributed by atoms with E-state index >= 15 is 0 Å². The normalized spacial score (nSPS) is 13.3. The standard InChI is InChI=1S/C24H17N3O6/c1-14(21(28)26-17-7-4-15(12-25)5-8-17)33-24(31)16-6-9-19-20(11-16)23(30)27(22(19)29)13-18-3-2-10-32-18/h2-11,14H,13H2,1H3,(H,26,28)/t14-/m0/s1. The van der Waals surface area contributed by atoms with Crippen molar-refractivity contribution in [3.05, 3.63) is 88.9 Å². The first-order valence-corrected chi connectivity index (χ1v) is 9.92. The zero-order valence-electron chi connectivity index (χ0n) is 17.4. The number of furan rings is 1. The second-order valence-corrected chi connectivity index (χ2v) is 7.26. The molecule has 2 heterocycles. The largest absolute Gasteiger partial charge is 0.467 e. The van der Waals surface area contributed by atoms with Crippen LogP contribution in [0.4, 0.5) is 5.69 Å². The van der Waals surface area contributed by atoms with Gasteiger partial charge in [-0.3, -0.25) is 19.3 Å². The number of ether oxygens (including phenoxy) is 1. The molecule has 9 nitrogen and oxygen atoms in total. The topological polar surface area (TPSA) is 130 Å². The number of nitrogens with one attached hydrogen (secondary N) is 1. The highest BCUT2D eigenvalue weighted by atomic mass is 16.5. The van der Waals surface area contributed by atoms with Crippen molar-refractivity contribution in [1.82, 2.24) is 4.90 Å². The highest BCUT2D eigenvalue weighted by Gasteiger charge is 2.36. The van der Waals surface area contributed by atoms with Gasteiger partial charge in [-0.1, -0.05) is 0 Å². The number of fused-ring (bicyclic) bond motifs is 1. The van der Waals surface area contributed by atoms with Crippen LogP contribution in [-0.4, -0.2) is 34.7 Å². The van der Waals surface area contributed by atoms with E-state index in [0.717, 1.165) is 4.90 Å². The van der Waals surface area contributed by atoms with Crippen molar-refractivity contribution >= 4 is 29.4 Å². The quantitative estimate of drug-likeness (QED) is 0.458. The Hall–Kier alpha value is -4.71. The summed E-state index contributed by atoms with van der Waals surface area (Å²) in [6.07, 6.45) is 0.314. The van der Waals surface area contributed by atoms with E-state index in [-0.39, 0.29) is 23.2 Å². The molecular weight excluding hydrogens is 426 g/mol. The van der Waals surface area contributed by atoms with Crippen LogP contribution in [0.3, 0.4) is 0 Å². The number of benzene rings is 2. The first kappa shape index (κ1) is 21.5. The Morgan fingerprint density at radius 1 is 1.09 bits per heavy atom. The summed E-state index contributed by atoms with van der Waals surface area (Å²) in [6, 6.07) is 15.5. The molecule has 1 aromatic heterocycles. The molecule has 1 atom stereocenters. The molecule has 1 N–H and O–H groups in total. The second-order valence-electron chi connectivity index (χ2n) is 7.26. The van der Waals surface area contributed by atoms with Crippen molar-refractivity contribution in [3.63, 3.8) is 0 Å². The Morgan fingerprint density at radius 3 is 2.48 bits per heavy atom. The Morgan fingerprint density at radius 2 is 1.82 bits per heavy atom. The number of anilines is 1. The highest BCUT2D eigenvalue weighted by molar-refractivity contribution is 6.21. The van der Waals surface area contributed by atoms with Crippen molar-refractivity contribution in [2.24, 2.45) is 0 Å². The number of imide groups is 1. The van der Waals surface area contributed by atoms with Gasteiger partial charge in [0.15, 0.2) is 6.10 Å². The Labute approximate surface area is 188 Å². The molecule has 2 aromatic carbocycles. The fourth-order valence-corrected chi connectivity index (χ4v) is 3.27. The fraction of sp³-hybridized carbons (Fsp3) is 0.125. The molecule has 0 saturated carbocycles. The van der Waals surface area contributed by atoms with E-state index in [0.29, 0.717) is 17.0 Å². The Bertz CT molecular complexity index is 1290. The molecule has 0 unspecified atom stereocenters. The number of carbonyl (C=O) groups is 4. The van der Waals surface area contributed by atoms with E-state index in [1.54, 1.807) is 36.4 Å². The van der Waals surface area contributed by atoms with E-state index in [9.17, 15) is 19.2 Å². The number of hydrogen-bond donors (Lipinski definition) is 1. The summed E-state index contributed by atoms with van der Waals surface area (Å²) in [4.78, 5) is 51.2. The number of carbonyl (C=O) groups excluding carboxylic acids is 4. The number of amides is 3. The molecule has 0 saturated heterocycles. The fourth-order valence-electron chi connectivity index (χ4n) is 3.27. The summed E-state index contributed by atoms with van der Waals surface area (Å²) in [7, 11) is 0. The molecule has 1 aliphatic heterocycles. The van der Waals surface area contributed by atoms with Crippen LogP contribution in [0.1, 0.15) is 49.3 Å². The Kier molecular flexibility index (Phi) is 5.74. The molecule has 1 aliphatic rings. The van der Waals surface area contributed by atoms with E-state index in [1.807, 2.05) is 6.07 Å². The minimum Gasteiger partial charge on any atom is -0.467 e.